The summed E-state index contributed by atoms with van der Waals surface area (Å²) in [4.78, 5) is 9.28. The predicted octanol–water partition coefficient (Wildman–Crippen LogP) is 2.12. The second-order valence-corrected chi connectivity index (χ2v) is 7.16. The van der Waals surface area contributed by atoms with Gasteiger partial charge in [-0.2, -0.15) is 4.31 Å². The fraction of sp³-hybridized carbons (Fsp3) is 0.462. The molecule has 2 unspecified atom stereocenters. The van der Waals surface area contributed by atoms with Gasteiger partial charge in [0.05, 0.1) is 5.92 Å². The van der Waals surface area contributed by atoms with Gasteiger partial charge in [-0.15, -0.1) is 0 Å². The SMILES string of the molecule is CC1CCC(C(=O)O)CN1S(=O)(=O)c1c(F)c(F)cc(F)c1F. The van der Waals surface area contributed by atoms with Gasteiger partial charge in [0.2, 0.25) is 10.0 Å². The maximum atomic E-state index is 13.8. The third-order valence-corrected chi connectivity index (χ3v) is 5.81. The molecule has 0 aliphatic carbocycles. The first-order chi connectivity index (χ1) is 10.6. The summed E-state index contributed by atoms with van der Waals surface area (Å²) in [6.07, 6.45) is 0.322. The average Bonchev–Trinajstić information content (AvgIpc) is 2.45. The first kappa shape index (κ1) is 17.7. The van der Waals surface area contributed by atoms with Crippen LogP contribution in [0.3, 0.4) is 0 Å². The van der Waals surface area contributed by atoms with Gasteiger partial charge in [0.15, 0.2) is 28.2 Å². The lowest BCUT2D eigenvalue weighted by Gasteiger charge is -2.35. The Balaban J connectivity index is 2.56. The Kier molecular flexibility index (Phi) is 4.67. The molecule has 1 aliphatic heterocycles. The van der Waals surface area contributed by atoms with Gasteiger partial charge in [-0.1, -0.05) is 0 Å². The number of nitrogens with zero attached hydrogens (tertiary/aromatic N) is 1. The number of benzene rings is 1. The lowest BCUT2D eigenvalue weighted by atomic mass is 9.96. The maximum absolute atomic E-state index is 13.8. The number of sulfonamides is 1. The minimum absolute atomic E-state index is 0.0939. The van der Waals surface area contributed by atoms with E-state index in [1.165, 1.54) is 6.92 Å². The van der Waals surface area contributed by atoms with Crippen molar-refractivity contribution in [3.05, 3.63) is 29.3 Å². The number of carboxylic acids is 1. The van der Waals surface area contributed by atoms with Crippen LogP contribution in [0.2, 0.25) is 0 Å². The number of hydrogen-bond acceptors (Lipinski definition) is 3. The molecule has 0 aromatic heterocycles. The highest BCUT2D eigenvalue weighted by Gasteiger charge is 2.41. The lowest BCUT2D eigenvalue weighted by Crippen LogP contribution is -2.47. The molecule has 23 heavy (non-hydrogen) atoms. The van der Waals surface area contributed by atoms with Crippen LogP contribution in [0.4, 0.5) is 17.6 Å². The summed E-state index contributed by atoms with van der Waals surface area (Å²) < 4.78 is 79.5. The van der Waals surface area contributed by atoms with Crippen molar-refractivity contribution in [3.8, 4) is 0 Å². The first-order valence-electron chi connectivity index (χ1n) is 6.65. The van der Waals surface area contributed by atoms with E-state index >= 15 is 0 Å². The van der Waals surface area contributed by atoms with Crippen LogP contribution in [0, 0.1) is 29.2 Å². The molecule has 0 radical (unpaired) electrons. The molecule has 0 bridgehead atoms. The molecule has 1 aliphatic rings. The Hall–Kier alpha value is -1.68. The molecular weight excluding hydrogens is 342 g/mol. The molecule has 1 aromatic rings. The van der Waals surface area contributed by atoms with Gasteiger partial charge in [-0.05, 0) is 19.8 Å². The summed E-state index contributed by atoms with van der Waals surface area (Å²) in [5.41, 5.74) is 0. The zero-order valence-corrected chi connectivity index (χ0v) is 12.7. The topological polar surface area (TPSA) is 74.7 Å². The van der Waals surface area contributed by atoms with Crippen LogP contribution < -0.4 is 0 Å². The highest BCUT2D eigenvalue weighted by molar-refractivity contribution is 7.89. The summed E-state index contributed by atoms with van der Waals surface area (Å²) in [6.45, 7) is 0.886. The minimum atomic E-state index is -4.94. The van der Waals surface area contributed by atoms with Gasteiger partial charge in [0, 0.05) is 18.7 Å². The molecule has 2 atom stereocenters. The van der Waals surface area contributed by atoms with E-state index in [0.29, 0.717) is 4.31 Å². The van der Waals surface area contributed by atoms with E-state index in [2.05, 4.69) is 0 Å². The number of carboxylic acid groups (broad SMARTS) is 1. The van der Waals surface area contributed by atoms with Gasteiger partial charge in [-0.25, -0.2) is 26.0 Å². The number of rotatable bonds is 3. The molecule has 1 N–H and O–H groups in total. The highest BCUT2D eigenvalue weighted by Crippen LogP contribution is 2.32. The molecular formula is C13H13F4NO4S. The zero-order chi connectivity index (χ0) is 17.5. The molecule has 0 amide bonds. The summed E-state index contributed by atoms with van der Waals surface area (Å²) in [6, 6.07) is -0.857. The molecule has 128 valence electrons. The molecule has 0 saturated carbocycles. The molecule has 10 heteroatoms. The van der Waals surface area contributed by atoms with Crippen LogP contribution in [0.25, 0.3) is 0 Å². The first-order valence-corrected chi connectivity index (χ1v) is 8.09. The van der Waals surface area contributed by atoms with Gasteiger partial charge in [0.1, 0.15) is 0 Å². The number of hydrogen-bond donors (Lipinski definition) is 1. The van der Waals surface area contributed by atoms with E-state index in [-0.39, 0.29) is 18.9 Å². The Labute approximate surface area is 129 Å². The molecule has 1 aromatic carbocycles. The standard InChI is InChI=1S/C13H13F4NO4S/c1-6-2-3-7(13(19)20)5-18(6)23(21,22)12-10(16)8(14)4-9(15)11(12)17/h4,6-7H,2-3,5H2,1H3,(H,19,20). The van der Waals surface area contributed by atoms with E-state index in [0.717, 1.165) is 0 Å². The fourth-order valence-electron chi connectivity index (χ4n) is 2.51. The number of halogens is 4. The Morgan fingerprint density at radius 3 is 2.17 bits per heavy atom. The van der Waals surface area contributed by atoms with Crippen molar-refractivity contribution >= 4 is 16.0 Å². The lowest BCUT2D eigenvalue weighted by molar-refractivity contribution is -0.143. The van der Waals surface area contributed by atoms with Crippen molar-refractivity contribution in [2.75, 3.05) is 6.54 Å². The molecule has 1 heterocycles. The van der Waals surface area contributed by atoms with Crippen LogP contribution in [-0.2, 0) is 14.8 Å². The van der Waals surface area contributed by atoms with Gasteiger partial charge < -0.3 is 5.11 Å². The number of carbonyl (C=O) groups is 1. The van der Waals surface area contributed by atoms with Crippen LogP contribution in [-0.4, -0.2) is 36.4 Å². The minimum Gasteiger partial charge on any atom is -0.481 e. The predicted molar refractivity (Wildman–Crippen MR) is 70.0 cm³/mol. The van der Waals surface area contributed by atoms with Gasteiger partial charge in [0.25, 0.3) is 0 Å². The fourth-order valence-corrected chi connectivity index (χ4v) is 4.34. The third-order valence-electron chi connectivity index (χ3n) is 3.81. The zero-order valence-electron chi connectivity index (χ0n) is 11.9. The van der Waals surface area contributed by atoms with Crippen molar-refractivity contribution < 1.29 is 35.9 Å². The summed E-state index contributed by atoms with van der Waals surface area (Å²) in [5.74, 6) is -10.1. The Bertz CT molecular complexity index is 727. The van der Waals surface area contributed by atoms with Crippen LogP contribution in [0.1, 0.15) is 19.8 Å². The molecule has 2 rings (SSSR count). The summed E-state index contributed by atoms with van der Waals surface area (Å²) >= 11 is 0. The molecule has 1 saturated heterocycles. The quantitative estimate of drug-likeness (QED) is 0.666. The van der Waals surface area contributed by atoms with Crippen LogP contribution in [0.5, 0.6) is 0 Å². The van der Waals surface area contributed by atoms with Crippen molar-refractivity contribution in [1.82, 2.24) is 4.31 Å². The molecule has 1 fully saturated rings. The van der Waals surface area contributed by atoms with Crippen molar-refractivity contribution in [3.63, 3.8) is 0 Å². The second kappa shape index (κ2) is 6.08. The molecule has 5 nitrogen and oxygen atoms in total. The van der Waals surface area contributed by atoms with E-state index < -0.39 is 62.7 Å². The maximum Gasteiger partial charge on any atom is 0.307 e. The smallest absolute Gasteiger partial charge is 0.307 e. The average molecular weight is 355 g/mol. The second-order valence-electron chi connectivity index (χ2n) is 5.33. The van der Waals surface area contributed by atoms with E-state index in [1.807, 2.05) is 0 Å². The summed E-state index contributed by atoms with van der Waals surface area (Å²) in [5, 5.41) is 8.99. The molecule has 0 spiro atoms. The monoisotopic (exact) mass is 355 g/mol. The van der Waals surface area contributed by atoms with Crippen LogP contribution in [0.15, 0.2) is 11.0 Å². The summed E-state index contributed by atoms with van der Waals surface area (Å²) in [7, 11) is -4.94. The van der Waals surface area contributed by atoms with Crippen LogP contribution >= 0.6 is 0 Å². The largest absolute Gasteiger partial charge is 0.481 e. The van der Waals surface area contributed by atoms with E-state index in [9.17, 15) is 30.8 Å². The Morgan fingerprint density at radius 2 is 1.70 bits per heavy atom. The Morgan fingerprint density at radius 1 is 1.17 bits per heavy atom. The normalized spacial score (nSPS) is 23.0. The number of piperidine rings is 1. The third kappa shape index (κ3) is 3.05. The number of aliphatic carboxylic acids is 1. The van der Waals surface area contributed by atoms with Crippen molar-refractivity contribution in [1.29, 1.82) is 0 Å². The highest BCUT2D eigenvalue weighted by atomic mass is 32.2. The van der Waals surface area contributed by atoms with Crippen molar-refractivity contribution in [2.45, 2.75) is 30.7 Å². The van der Waals surface area contributed by atoms with Gasteiger partial charge >= 0.3 is 5.97 Å². The van der Waals surface area contributed by atoms with Crippen molar-refractivity contribution in [2.24, 2.45) is 5.92 Å². The van der Waals surface area contributed by atoms with E-state index in [4.69, 9.17) is 5.11 Å². The van der Waals surface area contributed by atoms with Gasteiger partial charge in [-0.3, -0.25) is 4.79 Å². The van der Waals surface area contributed by atoms with E-state index in [1.54, 1.807) is 0 Å².